The monoisotopic (exact) mass is 510 g/mol. The summed E-state index contributed by atoms with van der Waals surface area (Å²) >= 11 is 13.9. The molecule has 1 N–H and O–H groups in total. The third kappa shape index (κ3) is 4.17. The van der Waals surface area contributed by atoms with E-state index < -0.39 is 5.97 Å². The molecule has 172 valence electrons. The van der Waals surface area contributed by atoms with Crippen LogP contribution in [0.25, 0.3) is 22.2 Å². The number of para-hydroxylation sites is 1. The van der Waals surface area contributed by atoms with Crippen molar-refractivity contribution >= 4 is 62.3 Å². The van der Waals surface area contributed by atoms with Crippen LogP contribution in [0.3, 0.4) is 0 Å². The number of thiophene rings is 1. The smallest absolute Gasteiger partial charge is 0.341 e. The summed E-state index contributed by atoms with van der Waals surface area (Å²) in [5.41, 5.74) is 3.79. The highest BCUT2D eigenvalue weighted by Crippen LogP contribution is 2.39. The van der Waals surface area contributed by atoms with Crippen LogP contribution in [0.1, 0.15) is 44.0 Å². The van der Waals surface area contributed by atoms with Crippen molar-refractivity contribution < 1.29 is 14.3 Å². The molecule has 1 aliphatic carbocycles. The standard InChI is InChI=1S/C26H20Cl2N2O3S/c1-33-26(32)23-17-7-3-5-9-22(17)34-25(23)30-24(31)18-13-21(16-11-10-14(27)12-19(16)28)29-20-8-4-2-6-15(18)20/h2,4,6,8,10-13H,3,5,7,9H2,1H3,(H,30,31). The van der Waals surface area contributed by atoms with E-state index in [1.54, 1.807) is 24.3 Å². The zero-order valence-corrected chi connectivity index (χ0v) is 20.6. The van der Waals surface area contributed by atoms with Gasteiger partial charge in [0, 0.05) is 20.8 Å². The molecule has 2 heterocycles. The Labute approximate surface area is 210 Å². The highest BCUT2D eigenvalue weighted by atomic mass is 35.5. The van der Waals surface area contributed by atoms with Gasteiger partial charge in [-0.05, 0) is 61.6 Å². The van der Waals surface area contributed by atoms with Crippen molar-refractivity contribution in [1.82, 2.24) is 4.98 Å². The molecule has 0 spiro atoms. The average molecular weight is 511 g/mol. The van der Waals surface area contributed by atoms with Crippen molar-refractivity contribution in [2.75, 3.05) is 12.4 Å². The maximum Gasteiger partial charge on any atom is 0.341 e. The van der Waals surface area contributed by atoms with Crippen LogP contribution in [0.5, 0.6) is 0 Å². The second kappa shape index (κ2) is 9.37. The number of pyridine rings is 1. The average Bonchev–Trinajstić information content (AvgIpc) is 3.20. The first-order valence-electron chi connectivity index (χ1n) is 10.9. The molecule has 8 heteroatoms. The number of amides is 1. The third-order valence-electron chi connectivity index (χ3n) is 5.96. The van der Waals surface area contributed by atoms with E-state index in [4.69, 9.17) is 32.9 Å². The summed E-state index contributed by atoms with van der Waals surface area (Å²) in [6.45, 7) is 0. The van der Waals surface area contributed by atoms with E-state index in [0.717, 1.165) is 36.1 Å². The van der Waals surface area contributed by atoms with Crippen LogP contribution in [0, 0.1) is 0 Å². The molecular formula is C26H20Cl2N2O3S. The van der Waals surface area contributed by atoms with Crippen molar-refractivity contribution in [3.05, 3.63) is 80.1 Å². The number of ether oxygens (including phenoxy) is 1. The molecule has 5 nitrogen and oxygen atoms in total. The van der Waals surface area contributed by atoms with Gasteiger partial charge in [0.15, 0.2) is 0 Å². The minimum Gasteiger partial charge on any atom is -0.465 e. The van der Waals surface area contributed by atoms with Gasteiger partial charge in [-0.2, -0.15) is 0 Å². The van der Waals surface area contributed by atoms with Crippen LogP contribution in [0.2, 0.25) is 10.0 Å². The number of hydrogen-bond acceptors (Lipinski definition) is 5. The second-order valence-corrected chi connectivity index (χ2v) is 10.0. The van der Waals surface area contributed by atoms with Crippen LogP contribution in [0.4, 0.5) is 5.00 Å². The van der Waals surface area contributed by atoms with Crippen molar-refractivity contribution in [2.45, 2.75) is 25.7 Å². The van der Waals surface area contributed by atoms with Gasteiger partial charge in [0.1, 0.15) is 5.00 Å². The minimum absolute atomic E-state index is 0.325. The number of halogens is 2. The van der Waals surface area contributed by atoms with E-state index in [9.17, 15) is 9.59 Å². The van der Waals surface area contributed by atoms with Crippen LogP contribution >= 0.6 is 34.5 Å². The normalized spacial score (nSPS) is 12.9. The highest BCUT2D eigenvalue weighted by Gasteiger charge is 2.27. The molecule has 0 unspecified atom stereocenters. The summed E-state index contributed by atoms with van der Waals surface area (Å²) < 4.78 is 5.04. The number of anilines is 1. The zero-order valence-electron chi connectivity index (χ0n) is 18.3. The third-order valence-corrected chi connectivity index (χ3v) is 7.71. The van der Waals surface area contributed by atoms with Crippen molar-refractivity contribution in [2.24, 2.45) is 0 Å². The predicted octanol–water partition coefficient (Wildman–Crippen LogP) is 7.19. The Morgan fingerprint density at radius 1 is 1.06 bits per heavy atom. The fraction of sp³-hybridized carbons (Fsp3) is 0.192. The number of benzene rings is 2. The molecule has 1 aliphatic rings. The van der Waals surface area contributed by atoms with Gasteiger partial charge in [-0.15, -0.1) is 11.3 Å². The Bertz CT molecular complexity index is 1450. The minimum atomic E-state index is -0.428. The van der Waals surface area contributed by atoms with E-state index in [-0.39, 0.29) is 5.91 Å². The summed E-state index contributed by atoms with van der Waals surface area (Å²) in [4.78, 5) is 32.0. The number of fused-ring (bicyclic) bond motifs is 2. The van der Waals surface area contributed by atoms with E-state index in [2.05, 4.69) is 5.32 Å². The van der Waals surface area contributed by atoms with Gasteiger partial charge in [-0.25, -0.2) is 9.78 Å². The molecule has 34 heavy (non-hydrogen) atoms. The topological polar surface area (TPSA) is 68.3 Å². The second-order valence-electron chi connectivity index (χ2n) is 8.06. The summed E-state index contributed by atoms with van der Waals surface area (Å²) in [6, 6.07) is 14.3. The predicted molar refractivity (Wildman–Crippen MR) is 137 cm³/mol. The number of carbonyl (C=O) groups is 2. The van der Waals surface area contributed by atoms with E-state index in [1.807, 2.05) is 24.3 Å². The fourth-order valence-electron chi connectivity index (χ4n) is 4.34. The summed E-state index contributed by atoms with van der Waals surface area (Å²) in [5.74, 6) is -0.753. The molecule has 0 bridgehead atoms. The number of hydrogen-bond donors (Lipinski definition) is 1. The molecule has 2 aromatic carbocycles. The molecule has 5 rings (SSSR count). The lowest BCUT2D eigenvalue weighted by Crippen LogP contribution is -2.16. The molecule has 0 saturated heterocycles. The maximum absolute atomic E-state index is 13.6. The highest BCUT2D eigenvalue weighted by molar-refractivity contribution is 7.17. The zero-order chi connectivity index (χ0) is 23.8. The fourth-order valence-corrected chi connectivity index (χ4v) is 6.12. The van der Waals surface area contributed by atoms with Crippen LogP contribution in [0.15, 0.2) is 48.5 Å². The molecule has 0 saturated carbocycles. The lowest BCUT2D eigenvalue weighted by atomic mass is 9.95. The van der Waals surface area contributed by atoms with Crippen LogP contribution in [-0.2, 0) is 17.6 Å². The number of aromatic nitrogens is 1. The van der Waals surface area contributed by atoms with Gasteiger partial charge in [0.25, 0.3) is 5.91 Å². The number of nitrogens with zero attached hydrogens (tertiary/aromatic N) is 1. The number of rotatable bonds is 4. The number of carbonyl (C=O) groups excluding carboxylic acids is 2. The Balaban J connectivity index is 1.60. The van der Waals surface area contributed by atoms with Crippen LogP contribution < -0.4 is 5.32 Å². The van der Waals surface area contributed by atoms with Gasteiger partial charge in [-0.3, -0.25) is 4.79 Å². The number of nitrogens with one attached hydrogen (secondary N) is 1. The summed E-state index contributed by atoms with van der Waals surface area (Å²) in [7, 11) is 1.36. The largest absolute Gasteiger partial charge is 0.465 e. The molecule has 4 aromatic rings. The van der Waals surface area contributed by atoms with E-state index >= 15 is 0 Å². The van der Waals surface area contributed by atoms with Gasteiger partial charge in [0.05, 0.1) is 34.5 Å². The molecule has 1 amide bonds. The van der Waals surface area contributed by atoms with Gasteiger partial charge in [0.2, 0.25) is 0 Å². The van der Waals surface area contributed by atoms with E-state index in [0.29, 0.717) is 48.3 Å². The van der Waals surface area contributed by atoms with Crippen molar-refractivity contribution in [1.29, 1.82) is 0 Å². The Morgan fingerprint density at radius 3 is 2.65 bits per heavy atom. The Kier molecular flexibility index (Phi) is 6.30. The SMILES string of the molecule is COC(=O)c1c(NC(=O)c2cc(-c3ccc(Cl)cc3Cl)nc3ccccc23)sc2c1CCCC2. The quantitative estimate of drug-likeness (QED) is 0.295. The number of esters is 1. The first-order valence-corrected chi connectivity index (χ1v) is 12.4. The van der Waals surface area contributed by atoms with Crippen molar-refractivity contribution in [3.8, 4) is 11.3 Å². The lowest BCUT2D eigenvalue weighted by Gasteiger charge is -2.13. The number of aryl methyl sites for hydroxylation is 1. The molecular weight excluding hydrogens is 491 g/mol. The number of methoxy groups -OCH3 is 1. The van der Waals surface area contributed by atoms with Gasteiger partial charge in [-0.1, -0.05) is 41.4 Å². The van der Waals surface area contributed by atoms with E-state index in [1.165, 1.54) is 18.4 Å². The first-order chi connectivity index (χ1) is 16.5. The molecule has 2 aromatic heterocycles. The van der Waals surface area contributed by atoms with Crippen molar-refractivity contribution in [3.63, 3.8) is 0 Å². The van der Waals surface area contributed by atoms with Gasteiger partial charge < -0.3 is 10.1 Å². The molecule has 0 atom stereocenters. The van der Waals surface area contributed by atoms with Crippen LogP contribution in [-0.4, -0.2) is 24.0 Å². The molecule has 0 fully saturated rings. The Hall–Kier alpha value is -2.93. The first kappa shape index (κ1) is 22.8. The summed E-state index contributed by atoms with van der Waals surface area (Å²) in [6.07, 6.45) is 3.80. The molecule has 0 aliphatic heterocycles. The maximum atomic E-state index is 13.6. The summed E-state index contributed by atoms with van der Waals surface area (Å²) in [5, 5.41) is 5.18. The Morgan fingerprint density at radius 2 is 1.85 bits per heavy atom. The van der Waals surface area contributed by atoms with Gasteiger partial charge >= 0.3 is 5.97 Å². The molecule has 0 radical (unpaired) electrons. The lowest BCUT2D eigenvalue weighted by molar-refractivity contribution is 0.0601.